The first-order valence-corrected chi connectivity index (χ1v) is 5.91. The molecule has 1 aromatic carbocycles. The van der Waals surface area contributed by atoms with E-state index >= 15 is 0 Å². The molecule has 0 saturated carbocycles. The molecule has 0 radical (unpaired) electrons. The Bertz CT molecular complexity index is 339. The fourth-order valence-electron chi connectivity index (χ4n) is 1.62. The van der Waals surface area contributed by atoms with Crippen LogP contribution in [-0.4, -0.2) is 0 Å². The summed E-state index contributed by atoms with van der Waals surface area (Å²) in [6.07, 6.45) is 5.60. The molecule has 80 valence electrons. The molecule has 0 atom stereocenters. The Morgan fingerprint density at radius 1 is 1.00 bits per heavy atom. The van der Waals surface area contributed by atoms with Gasteiger partial charge in [0, 0.05) is 12.8 Å². The van der Waals surface area contributed by atoms with Crippen molar-refractivity contribution in [3.05, 3.63) is 35.4 Å². The van der Waals surface area contributed by atoms with E-state index in [0.717, 1.165) is 12.8 Å². The van der Waals surface area contributed by atoms with Crippen molar-refractivity contribution in [2.45, 2.75) is 46.0 Å². The Kier molecular flexibility index (Phi) is 5.63. The van der Waals surface area contributed by atoms with Crippen molar-refractivity contribution in [3.8, 4) is 11.8 Å². The van der Waals surface area contributed by atoms with Gasteiger partial charge < -0.3 is 0 Å². The second kappa shape index (κ2) is 7.12. The van der Waals surface area contributed by atoms with Gasteiger partial charge in [-0.1, -0.05) is 50.5 Å². The van der Waals surface area contributed by atoms with Crippen LogP contribution in [0.5, 0.6) is 0 Å². The van der Waals surface area contributed by atoms with Crippen LogP contribution in [0.4, 0.5) is 0 Å². The Hall–Kier alpha value is -1.22. The normalized spacial score (nSPS) is 9.47. The van der Waals surface area contributed by atoms with Gasteiger partial charge in [0.15, 0.2) is 0 Å². The Labute approximate surface area is 93.7 Å². The van der Waals surface area contributed by atoms with Crippen molar-refractivity contribution in [1.82, 2.24) is 0 Å². The van der Waals surface area contributed by atoms with E-state index in [1.807, 2.05) is 0 Å². The van der Waals surface area contributed by atoms with Gasteiger partial charge in [-0.05, 0) is 24.0 Å². The highest BCUT2D eigenvalue weighted by Gasteiger charge is 1.98. The third kappa shape index (κ3) is 4.21. The topological polar surface area (TPSA) is 0 Å². The minimum absolute atomic E-state index is 0.910. The van der Waals surface area contributed by atoms with Gasteiger partial charge in [-0.25, -0.2) is 0 Å². The molecule has 0 N–H and O–H groups in total. The average Bonchev–Trinajstić information content (AvgIpc) is 2.28. The van der Waals surface area contributed by atoms with Crippen molar-refractivity contribution in [2.24, 2.45) is 0 Å². The predicted molar refractivity (Wildman–Crippen MR) is 66.8 cm³/mol. The van der Waals surface area contributed by atoms with Crippen LogP contribution in [0.15, 0.2) is 24.3 Å². The molecule has 0 bridgehead atoms. The molecule has 0 fully saturated rings. The summed E-state index contributed by atoms with van der Waals surface area (Å²) in [5.74, 6) is 6.35. The standard InChI is InChI=1S/C15H20/c1-3-5-7-11-15-13-9-8-12-14(15)10-6-4-2/h8-9,12-13H,3-4,6,10-11H2,1-2H3. The van der Waals surface area contributed by atoms with Gasteiger partial charge in [0.25, 0.3) is 0 Å². The number of aryl methyl sites for hydroxylation is 1. The summed E-state index contributed by atoms with van der Waals surface area (Å²) in [5.41, 5.74) is 2.89. The summed E-state index contributed by atoms with van der Waals surface area (Å²) in [4.78, 5) is 0. The summed E-state index contributed by atoms with van der Waals surface area (Å²) in [7, 11) is 0. The molecule has 0 nitrogen and oxygen atoms in total. The van der Waals surface area contributed by atoms with Gasteiger partial charge in [-0.2, -0.15) is 0 Å². The lowest BCUT2D eigenvalue weighted by Crippen LogP contribution is -1.92. The second-order valence-corrected chi connectivity index (χ2v) is 3.76. The first kappa shape index (κ1) is 11.9. The molecule has 0 aliphatic carbocycles. The molecule has 0 saturated heterocycles. The van der Waals surface area contributed by atoms with E-state index in [-0.39, 0.29) is 0 Å². The zero-order valence-corrected chi connectivity index (χ0v) is 9.84. The van der Waals surface area contributed by atoms with Crippen molar-refractivity contribution in [2.75, 3.05) is 0 Å². The van der Waals surface area contributed by atoms with Crippen LogP contribution in [0.25, 0.3) is 0 Å². The number of hydrogen-bond acceptors (Lipinski definition) is 0. The van der Waals surface area contributed by atoms with Crippen molar-refractivity contribution >= 4 is 0 Å². The summed E-state index contributed by atoms with van der Waals surface area (Å²) >= 11 is 0. The molecule has 0 aliphatic heterocycles. The van der Waals surface area contributed by atoms with Crippen LogP contribution in [0.3, 0.4) is 0 Å². The SMILES string of the molecule is CCC#CCc1ccccc1CCCC. The second-order valence-electron chi connectivity index (χ2n) is 3.76. The average molecular weight is 200 g/mol. The van der Waals surface area contributed by atoms with Crippen LogP contribution in [0, 0.1) is 11.8 Å². The molecule has 0 heteroatoms. The molecule has 0 spiro atoms. The van der Waals surface area contributed by atoms with E-state index in [1.165, 1.54) is 30.4 Å². The molecule has 15 heavy (non-hydrogen) atoms. The van der Waals surface area contributed by atoms with Gasteiger partial charge in [-0.15, -0.1) is 5.92 Å². The number of benzene rings is 1. The number of rotatable bonds is 4. The van der Waals surface area contributed by atoms with Gasteiger partial charge >= 0.3 is 0 Å². The minimum Gasteiger partial charge on any atom is -0.103 e. The molecule has 1 rings (SSSR count). The third-order valence-electron chi connectivity index (χ3n) is 2.50. The van der Waals surface area contributed by atoms with E-state index in [9.17, 15) is 0 Å². The molecule has 0 heterocycles. The highest BCUT2D eigenvalue weighted by molar-refractivity contribution is 5.30. The maximum absolute atomic E-state index is 3.22. The first-order chi connectivity index (χ1) is 7.38. The van der Waals surface area contributed by atoms with Crippen LogP contribution in [-0.2, 0) is 12.8 Å². The molecular weight excluding hydrogens is 180 g/mol. The van der Waals surface area contributed by atoms with E-state index in [0.29, 0.717) is 0 Å². The highest BCUT2D eigenvalue weighted by Crippen LogP contribution is 2.12. The summed E-state index contributed by atoms with van der Waals surface area (Å²) in [6, 6.07) is 8.67. The van der Waals surface area contributed by atoms with Crippen molar-refractivity contribution < 1.29 is 0 Å². The quantitative estimate of drug-likeness (QED) is 0.645. The number of unbranched alkanes of at least 4 members (excludes halogenated alkanes) is 1. The zero-order chi connectivity index (χ0) is 10.9. The van der Waals surface area contributed by atoms with Crippen LogP contribution in [0.1, 0.15) is 44.2 Å². The van der Waals surface area contributed by atoms with Crippen LogP contribution >= 0.6 is 0 Å². The first-order valence-electron chi connectivity index (χ1n) is 5.91. The van der Waals surface area contributed by atoms with E-state index < -0.39 is 0 Å². The van der Waals surface area contributed by atoms with Gasteiger partial charge in [0.1, 0.15) is 0 Å². The van der Waals surface area contributed by atoms with E-state index in [4.69, 9.17) is 0 Å². The predicted octanol–water partition coefficient (Wildman–Crippen LogP) is 3.99. The van der Waals surface area contributed by atoms with Crippen molar-refractivity contribution in [3.63, 3.8) is 0 Å². The lowest BCUT2D eigenvalue weighted by molar-refractivity contribution is 0.789. The lowest BCUT2D eigenvalue weighted by atomic mass is 10.00. The fraction of sp³-hybridized carbons (Fsp3) is 0.467. The largest absolute Gasteiger partial charge is 0.103 e. The highest BCUT2D eigenvalue weighted by atomic mass is 14.0. The smallest absolute Gasteiger partial charge is 0.0343 e. The molecular formula is C15H20. The Morgan fingerprint density at radius 3 is 2.40 bits per heavy atom. The molecule has 1 aromatic rings. The summed E-state index contributed by atoms with van der Waals surface area (Å²) in [5, 5.41) is 0. The van der Waals surface area contributed by atoms with E-state index in [1.54, 1.807) is 0 Å². The van der Waals surface area contributed by atoms with E-state index in [2.05, 4.69) is 50.0 Å². The maximum atomic E-state index is 3.22. The molecule has 0 unspecified atom stereocenters. The maximum Gasteiger partial charge on any atom is 0.0343 e. The number of hydrogen-bond donors (Lipinski definition) is 0. The van der Waals surface area contributed by atoms with Gasteiger partial charge in [-0.3, -0.25) is 0 Å². The summed E-state index contributed by atoms with van der Waals surface area (Å²) in [6.45, 7) is 4.33. The zero-order valence-electron chi connectivity index (χ0n) is 9.84. The van der Waals surface area contributed by atoms with Crippen LogP contribution < -0.4 is 0 Å². The molecule has 0 amide bonds. The minimum atomic E-state index is 0.910. The van der Waals surface area contributed by atoms with Crippen molar-refractivity contribution in [1.29, 1.82) is 0 Å². The summed E-state index contributed by atoms with van der Waals surface area (Å²) < 4.78 is 0. The van der Waals surface area contributed by atoms with Crippen LogP contribution in [0.2, 0.25) is 0 Å². The fourth-order valence-corrected chi connectivity index (χ4v) is 1.62. The Balaban J connectivity index is 2.67. The monoisotopic (exact) mass is 200 g/mol. The molecule has 0 aliphatic rings. The molecule has 0 aromatic heterocycles. The third-order valence-corrected chi connectivity index (χ3v) is 2.50. The Morgan fingerprint density at radius 2 is 1.73 bits per heavy atom. The van der Waals surface area contributed by atoms with Gasteiger partial charge in [0.05, 0.1) is 0 Å². The van der Waals surface area contributed by atoms with Gasteiger partial charge in [0.2, 0.25) is 0 Å². The lowest BCUT2D eigenvalue weighted by Gasteiger charge is -2.05.